The Balaban J connectivity index is 2.46. The number of halogens is 1. The molecule has 0 bridgehead atoms. The smallest absolute Gasteiger partial charge is 0.188 e. The first kappa shape index (κ1) is 16.8. The highest BCUT2D eigenvalue weighted by atomic mass is 79.9. The minimum absolute atomic E-state index is 0.241. The van der Waals surface area contributed by atoms with Crippen LogP contribution in [0, 0.1) is 0 Å². The SMILES string of the molecule is CCCc1ccc(OCOC)c(C(=CBr)c2ccccc2)c1. The third kappa shape index (κ3) is 4.21. The summed E-state index contributed by atoms with van der Waals surface area (Å²) in [6.07, 6.45) is 2.18. The van der Waals surface area contributed by atoms with Gasteiger partial charge >= 0.3 is 0 Å². The van der Waals surface area contributed by atoms with Crippen molar-refractivity contribution in [2.45, 2.75) is 19.8 Å². The Morgan fingerprint density at radius 2 is 1.91 bits per heavy atom. The van der Waals surface area contributed by atoms with E-state index in [1.807, 2.05) is 29.3 Å². The van der Waals surface area contributed by atoms with Crippen LogP contribution in [0.2, 0.25) is 0 Å². The van der Waals surface area contributed by atoms with Gasteiger partial charge in [-0.15, -0.1) is 0 Å². The van der Waals surface area contributed by atoms with E-state index in [-0.39, 0.29) is 6.79 Å². The fourth-order valence-electron chi connectivity index (χ4n) is 2.38. The van der Waals surface area contributed by atoms with Gasteiger partial charge < -0.3 is 9.47 Å². The van der Waals surface area contributed by atoms with Crippen LogP contribution in [0.15, 0.2) is 53.5 Å². The minimum Gasteiger partial charge on any atom is -0.467 e. The van der Waals surface area contributed by atoms with Crippen LogP contribution >= 0.6 is 15.9 Å². The average Bonchev–Trinajstić information content (AvgIpc) is 2.56. The Kier molecular flexibility index (Phi) is 6.69. The predicted molar refractivity (Wildman–Crippen MR) is 95.4 cm³/mol. The lowest BCUT2D eigenvalue weighted by molar-refractivity contribution is 0.0509. The summed E-state index contributed by atoms with van der Waals surface area (Å²) in [6, 6.07) is 16.6. The van der Waals surface area contributed by atoms with Crippen molar-refractivity contribution in [3.8, 4) is 5.75 Å². The van der Waals surface area contributed by atoms with E-state index in [0.29, 0.717) is 0 Å². The van der Waals surface area contributed by atoms with E-state index in [1.54, 1.807) is 7.11 Å². The van der Waals surface area contributed by atoms with E-state index >= 15 is 0 Å². The van der Waals surface area contributed by atoms with Crippen LogP contribution in [0.3, 0.4) is 0 Å². The summed E-state index contributed by atoms with van der Waals surface area (Å²) in [7, 11) is 1.63. The molecule has 0 N–H and O–H groups in total. The van der Waals surface area contributed by atoms with Crippen LogP contribution in [0.25, 0.3) is 5.57 Å². The number of hydrogen-bond donors (Lipinski definition) is 0. The molecule has 0 radical (unpaired) electrons. The zero-order valence-electron chi connectivity index (χ0n) is 13.0. The Labute approximate surface area is 140 Å². The topological polar surface area (TPSA) is 18.5 Å². The number of methoxy groups -OCH3 is 1. The van der Waals surface area contributed by atoms with Crippen molar-refractivity contribution in [2.75, 3.05) is 13.9 Å². The lowest BCUT2D eigenvalue weighted by Gasteiger charge is -2.15. The third-order valence-corrected chi connectivity index (χ3v) is 3.86. The highest BCUT2D eigenvalue weighted by Crippen LogP contribution is 2.33. The van der Waals surface area contributed by atoms with E-state index in [0.717, 1.165) is 35.3 Å². The molecule has 0 spiro atoms. The highest BCUT2D eigenvalue weighted by molar-refractivity contribution is 9.11. The molecule has 0 aliphatic carbocycles. The second-order valence-electron chi connectivity index (χ2n) is 5.02. The van der Waals surface area contributed by atoms with Gasteiger partial charge in [0, 0.05) is 12.7 Å². The molecule has 2 aromatic rings. The van der Waals surface area contributed by atoms with Crippen molar-refractivity contribution in [2.24, 2.45) is 0 Å². The lowest BCUT2D eigenvalue weighted by Crippen LogP contribution is -2.02. The number of benzene rings is 2. The second-order valence-corrected chi connectivity index (χ2v) is 5.48. The zero-order valence-corrected chi connectivity index (χ0v) is 14.6. The van der Waals surface area contributed by atoms with Gasteiger partial charge in [-0.05, 0) is 40.2 Å². The van der Waals surface area contributed by atoms with Crippen molar-refractivity contribution in [1.29, 1.82) is 0 Å². The summed E-state index contributed by atoms with van der Waals surface area (Å²) >= 11 is 3.51. The Bertz CT molecular complexity index is 621. The molecule has 0 aliphatic heterocycles. The monoisotopic (exact) mass is 360 g/mol. The maximum absolute atomic E-state index is 5.74. The number of aryl methyl sites for hydroxylation is 1. The fourth-order valence-corrected chi connectivity index (χ4v) is 2.89. The molecule has 0 aromatic heterocycles. The van der Waals surface area contributed by atoms with Gasteiger partial charge in [-0.2, -0.15) is 0 Å². The number of rotatable bonds is 7. The van der Waals surface area contributed by atoms with Crippen LogP contribution in [0.5, 0.6) is 5.75 Å². The Hall–Kier alpha value is -1.58. The van der Waals surface area contributed by atoms with Crippen LogP contribution in [0.1, 0.15) is 30.0 Å². The van der Waals surface area contributed by atoms with Crippen molar-refractivity contribution in [3.63, 3.8) is 0 Å². The Morgan fingerprint density at radius 3 is 2.55 bits per heavy atom. The maximum Gasteiger partial charge on any atom is 0.188 e. The molecule has 0 atom stereocenters. The van der Waals surface area contributed by atoms with E-state index in [1.165, 1.54) is 5.56 Å². The van der Waals surface area contributed by atoms with Crippen LogP contribution in [-0.4, -0.2) is 13.9 Å². The zero-order chi connectivity index (χ0) is 15.8. The van der Waals surface area contributed by atoms with Crippen LogP contribution in [0.4, 0.5) is 0 Å². The van der Waals surface area contributed by atoms with Gasteiger partial charge in [-0.1, -0.05) is 65.7 Å². The molecular weight excluding hydrogens is 340 g/mol. The van der Waals surface area contributed by atoms with Gasteiger partial charge in [0.25, 0.3) is 0 Å². The van der Waals surface area contributed by atoms with Gasteiger partial charge in [-0.25, -0.2) is 0 Å². The quantitative estimate of drug-likeness (QED) is 0.614. The first-order valence-corrected chi connectivity index (χ1v) is 8.32. The largest absolute Gasteiger partial charge is 0.467 e. The highest BCUT2D eigenvalue weighted by Gasteiger charge is 2.12. The van der Waals surface area contributed by atoms with E-state index in [4.69, 9.17) is 9.47 Å². The molecule has 0 fully saturated rings. The summed E-state index contributed by atoms with van der Waals surface area (Å²) in [5.74, 6) is 0.830. The predicted octanol–water partition coefficient (Wildman–Crippen LogP) is 5.41. The maximum atomic E-state index is 5.74. The fraction of sp³-hybridized carbons (Fsp3) is 0.263. The standard InChI is InChI=1S/C19H21BrO2/c1-3-7-15-10-11-19(22-14-21-2)17(12-15)18(13-20)16-8-5-4-6-9-16/h4-6,8-13H,3,7,14H2,1-2H3. The molecule has 0 saturated heterocycles. The van der Waals surface area contributed by atoms with Gasteiger partial charge in [0.05, 0.1) is 0 Å². The van der Waals surface area contributed by atoms with Crippen molar-refractivity contribution in [1.82, 2.24) is 0 Å². The molecule has 0 unspecified atom stereocenters. The minimum atomic E-state index is 0.241. The normalized spacial score (nSPS) is 11.5. The van der Waals surface area contributed by atoms with Gasteiger partial charge in [0.15, 0.2) is 6.79 Å². The van der Waals surface area contributed by atoms with Crippen molar-refractivity contribution < 1.29 is 9.47 Å². The van der Waals surface area contributed by atoms with Crippen molar-refractivity contribution in [3.05, 3.63) is 70.2 Å². The molecule has 2 nitrogen and oxygen atoms in total. The number of hydrogen-bond acceptors (Lipinski definition) is 2. The summed E-state index contributed by atoms with van der Waals surface area (Å²) in [6.45, 7) is 2.43. The van der Waals surface area contributed by atoms with Gasteiger partial charge in [0.2, 0.25) is 0 Å². The van der Waals surface area contributed by atoms with Crippen LogP contribution < -0.4 is 4.74 Å². The number of ether oxygens (including phenoxy) is 2. The molecule has 3 heteroatoms. The molecule has 0 aliphatic rings. The summed E-state index contributed by atoms with van der Waals surface area (Å²) in [5, 5.41) is 0. The molecule has 22 heavy (non-hydrogen) atoms. The molecule has 0 heterocycles. The second kappa shape index (κ2) is 8.76. The molecule has 0 saturated carbocycles. The van der Waals surface area contributed by atoms with Gasteiger partial charge in [-0.3, -0.25) is 0 Å². The van der Waals surface area contributed by atoms with Crippen molar-refractivity contribution >= 4 is 21.5 Å². The molecule has 2 rings (SSSR count). The summed E-state index contributed by atoms with van der Waals surface area (Å²) in [5.41, 5.74) is 4.64. The third-order valence-electron chi connectivity index (χ3n) is 3.40. The molecule has 0 amide bonds. The Morgan fingerprint density at radius 1 is 1.14 bits per heavy atom. The van der Waals surface area contributed by atoms with Gasteiger partial charge in [0.1, 0.15) is 5.75 Å². The van der Waals surface area contributed by atoms with E-state index in [2.05, 4.69) is 47.1 Å². The molecular formula is C19H21BrO2. The average molecular weight is 361 g/mol. The first-order chi connectivity index (χ1) is 10.8. The molecule has 116 valence electrons. The van der Waals surface area contributed by atoms with E-state index < -0.39 is 0 Å². The summed E-state index contributed by atoms with van der Waals surface area (Å²) < 4.78 is 10.8. The van der Waals surface area contributed by atoms with Crippen LogP contribution in [-0.2, 0) is 11.2 Å². The lowest BCUT2D eigenvalue weighted by atomic mass is 9.96. The molecule has 2 aromatic carbocycles. The first-order valence-electron chi connectivity index (χ1n) is 7.41. The van der Waals surface area contributed by atoms with E-state index in [9.17, 15) is 0 Å². The summed E-state index contributed by atoms with van der Waals surface area (Å²) in [4.78, 5) is 1.95.